The number of carbonyl (C=O) groups excluding carboxylic acids is 1. The molecule has 0 N–H and O–H groups in total. The van der Waals surface area contributed by atoms with Gasteiger partial charge in [-0.3, -0.25) is 4.79 Å². The highest BCUT2D eigenvalue weighted by Crippen LogP contribution is 2.47. The van der Waals surface area contributed by atoms with Crippen molar-refractivity contribution in [2.24, 2.45) is 21.0 Å². The first kappa shape index (κ1) is 13.2. The van der Waals surface area contributed by atoms with Crippen LogP contribution in [0.25, 0.3) is 0 Å². The predicted molar refractivity (Wildman–Crippen MR) is 70.9 cm³/mol. The molecule has 1 aliphatic carbocycles. The molecule has 5 heteroatoms. The molecule has 5 nitrogen and oxygen atoms in total. The van der Waals surface area contributed by atoms with Crippen LogP contribution in [0, 0.1) is 10.8 Å². The van der Waals surface area contributed by atoms with Crippen LogP contribution in [0.5, 0.6) is 0 Å². The first-order valence-corrected chi connectivity index (χ1v) is 6.35. The summed E-state index contributed by atoms with van der Waals surface area (Å²) >= 11 is 0. The normalized spacial score (nSPS) is 26.3. The number of hydrogen-bond donors (Lipinski definition) is 0. The Bertz CT molecular complexity index is 384. The maximum absolute atomic E-state index is 11.9. The van der Waals surface area contributed by atoms with Crippen molar-refractivity contribution < 1.29 is 9.53 Å². The van der Waals surface area contributed by atoms with Gasteiger partial charge in [-0.2, -0.15) is 5.10 Å². The summed E-state index contributed by atoms with van der Waals surface area (Å²) in [6.07, 6.45) is 1.74. The molecule has 0 aromatic rings. The number of Topliss-reactive ketones (excluding diaryl/α,β-unsaturated/α-hetero) is 1. The Morgan fingerprint density at radius 2 is 1.72 bits per heavy atom. The third kappa shape index (κ3) is 2.07. The van der Waals surface area contributed by atoms with Crippen LogP contribution >= 0.6 is 0 Å². The molecule has 18 heavy (non-hydrogen) atoms. The molecule has 0 aromatic carbocycles. The van der Waals surface area contributed by atoms with Crippen molar-refractivity contribution in [3.05, 3.63) is 0 Å². The molecule has 0 radical (unpaired) electrons. The summed E-state index contributed by atoms with van der Waals surface area (Å²) < 4.78 is 5.26. The third-order valence-corrected chi connectivity index (χ3v) is 3.74. The lowest BCUT2D eigenvalue weighted by Gasteiger charge is -2.47. The summed E-state index contributed by atoms with van der Waals surface area (Å²) in [6.45, 7) is 10.8. The summed E-state index contributed by atoms with van der Waals surface area (Å²) in [7, 11) is 0. The van der Waals surface area contributed by atoms with Gasteiger partial charge in [0, 0.05) is 13.1 Å². The van der Waals surface area contributed by atoms with Crippen LogP contribution in [-0.2, 0) is 9.53 Å². The Kier molecular flexibility index (Phi) is 3.27. The molecule has 1 aliphatic heterocycles. The first-order valence-electron chi connectivity index (χ1n) is 6.35. The van der Waals surface area contributed by atoms with Gasteiger partial charge in [-0.25, -0.2) is 0 Å². The average molecular weight is 251 g/mol. The molecule has 0 unspecified atom stereocenters. The van der Waals surface area contributed by atoms with Gasteiger partial charge in [0.1, 0.15) is 6.34 Å². The van der Waals surface area contributed by atoms with Crippen molar-refractivity contribution >= 4 is 17.8 Å². The van der Waals surface area contributed by atoms with Gasteiger partial charge in [-0.1, -0.05) is 0 Å². The number of rotatable bonds is 2. The van der Waals surface area contributed by atoms with E-state index in [0.29, 0.717) is 0 Å². The molecule has 1 heterocycles. The van der Waals surface area contributed by atoms with E-state index in [1.807, 2.05) is 27.7 Å². The zero-order valence-electron chi connectivity index (χ0n) is 11.6. The lowest BCUT2D eigenvalue weighted by atomic mass is 9.53. The topological polar surface area (TPSA) is 54.3 Å². The largest absolute Gasteiger partial charge is 0.378 e. The second kappa shape index (κ2) is 4.46. The molecule has 2 rings (SSSR count). The van der Waals surface area contributed by atoms with Gasteiger partial charge in [-0.05, 0) is 27.7 Å². The minimum atomic E-state index is -0.466. The molecule has 0 spiro atoms. The quantitative estimate of drug-likeness (QED) is 0.423. The number of nitrogens with zero attached hydrogens (tertiary/aromatic N) is 3. The van der Waals surface area contributed by atoms with Gasteiger partial charge in [0.05, 0.1) is 29.8 Å². The molecule has 0 amide bonds. The van der Waals surface area contributed by atoms with E-state index in [1.54, 1.807) is 6.34 Å². The third-order valence-electron chi connectivity index (χ3n) is 3.74. The molecule has 0 bridgehead atoms. The standard InChI is InChI=1S/C13H21N3O2/c1-12(2)10(13(3,4)11(12)17)15-14-9-16-5-7-18-8-6-16/h9H,5-8H2,1-4H3/b14-9-. The fourth-order valence-electron chi connectivity index (χ4n) is 2.81. The Labute approximate surface area is 108 Å². The molecule has 1 saturated carbocycles. The summed E-state index contributed by atoms with van der Waals surface area (Å²) in [5.41, 5.74) is -0.0676. The van der Waals surface area contributed by atoms with Crippen molar-refractivity contribution in [2.75, 3.05) is 26.3 Å². The number of carbonyl (C=O) groups is 1. The van der Waals surface area contributed by atoms with E-state index < -0.39 is 10.8 Å². The van der Waals surface area contributed by atoms with Gasteiger partial charge in [0.2, 0.25) is 0 Å². The molecule has 1 saturated heterocycles. The maximum Gasteiger partial charge on any atom is 0.155 e. The Balaban J connectivity index is 2.05. The van der Waals surface area contributed by atoms with Gasteiger partial charge in [0.25, 0.3) is 0 Å². The lowest BCUT2D eigenvalue weighted by Crippen LogP contribution is -2.61. The zero-order valence-corrected chi connectivity index (χ0v) is 11.6. The van der Waals surface area contributed by atoms with E-state index in [0.717, 1.165) is 32.0 Å². The minimum Gasteiger partial charge on any atom is -0.378 e. The number of hydrogen-bond acceptors (Lipinski definition) is 4. The average Bonchev–Trinajstić information content (AvgIpc) is 2.34. The van der Waals surface area contributed by atoms with Crippen LogP contribution in [0.15, 0.2) is 10.2 Å². The van der Waals surface area contributed by atoms with Crippen LogP contribution in [0.2, 0.25) is 0 Å². The minimum absolute atomic E-state index is 0.232. The van der Waals surface area contributed by atoms with Crippen LogP contribution in [0.1, 0.15) is 27.7 Å². The van der Waals surface area contributed by atoms with Crippen molar-refractivity contribution in [3.8, 4) is 0 Å². The van der Waals surface area contributed by atoms with Crippen LogP contribution in [0.4, 0.5) is 0 Å². The number of morpholine rings is 1. The fourth-order valence-corrected chi connectivity index (χ4v) is 2.81. The van der Waals surface area contributed by atoms with Crippen molar-refractivity contribution in [3.63, 3.8) is 0 Å². The maximum atomic E-state index is 11.9. The monoisotopic (exact) mass is 251 g/mol. The Morgan fingerprint density at radius 3 is 2.28 bits per heavy atom. The highest BCUT2D eigenvalue weighted by molar-refractivity contribution is 6.31. The molecule has 2 aliphatic rings. The summed E-state index contributed by atoms with van der Waals surface area (Å²) in [5.74, 6) is 0.232. The van der Waals surface area contributed by atoms with Crippen LogP contribution in [0.3, 0.4) is 0 Å². The SMILES string of the molecule is CC1(C)C(=O)C(C)(C)C1=N/N=C\N1CCOCC1. The molecular weight excluding hydrogens is 230 g/mol. The van der Waals surface area contributed by atoms with E-state index in [-0.39, 0.29) is 5.78 Å². The van der Waals surface area contributed by atoms with Crippen molar-refractivity contribution in [1.82, 2.24) is 4.90 Å². The molecule has 0 aromatic heterocycles. The second-order valence-electron chi connectivity index (χ2n) is 5.91. The fraction of sp³-hybridized carbons (Fsp3) is 0.769. The summed E-state index contributed by atoms with van der Waals surface area (Å²) in [6, 6.07) is 0. The smallest absolute Gasteiger partial charge is 0.155 e. The van der Waals surface area contributed by atoms with E-state index >= 15 is 0 Å². The summed E-state index contributed by atoms with van der Waals surface area (Å²) in [5, 5.41) is 8.39. The van der Waals surface area contributed by atoms with E-state index in [4.69, 9.17) is 4.74 Å². The highest BCUT2D eigenvalue weighted by atomic mass is 16.5. The molecular formula is C13H21N3O2. The molecule has 0 atom stereocenters. The van der Waals surface area contributed by atoms with Crippen molar-refractivity contribution in [2.45, 2.75) is 27.7 Å². The van der Waals surface area contributed by atoms with E-state index in [2.05, 4.69) is 15.1 Å². The molecule has 100 valence electrons. The van der Waals surface area contributed by atoms with Gasteiger partial charge < -0.3 is 9.64 Å². The van der Waals surface area contributed by atoms with Crippen LogP contribution in [-0.4, -0.2) is 49.0 Å². The highest BCUT2D eigenvalue weighted by Gasteiger charge is 2.59. The number of ether oxygens (including phenoxy) is 1. The van der Waals surface area contributed by atoms with Gasteiger partial charge in [-0.15, -0.1) is 5.10 Å². The van der Waals surface area contributed by atoms with E-state index in [1.165, 1.54) is 0 Å². The Hall–Kier alpha value is -1.23. The summed E-state index contributed by atoms with van der Waals surface area (Å²) in [4.78, 5) is 14.0. The number of ketones is 1. The predicted octanol–water partition coefficient (Wildman–Crippen LogP) is 1.34. The van der Waals surface area contributed by atoms with Gasteiger partial charge >= 0.3 is 0 Å². The second-order valence-corrected chi connectivity index (χ2v) is 5.91. The first-order chi connectivity index (χ1) is 8.37. The molecule has 2 fully saturated rings. The van der Waals surface area contributed by atoms with E-state index in [9.17, 15) is 4.79 Å². The Morgan fingerprint density at radius 1 is 1.17 bits per heavy atom. The lowest BCUT2D eigenvalue weighted by molar-refractivity contribution is -0.134. The van der Waals surface area contributed by atoms with Crippen LogP contribution < -0.4 is 0 Å². The van der Waals surface area contributed by atoms with Crippen molar-refractivity contribution in [1.29, 1.82) is 0 Å². The van der Waals surface area contributed by atoms with Gasteiger partial charge in [0.15, 0.2) is 5.78 Å². The zero-order chi connectivity index (χ0) is 13.4.